The fourth-order valence-corrected chi connectivity index (χ4v) is 4.25. The minimum atomic E-state index is 0.140. The zero-order valence-electron chi connectivity index (χ0n) is 16.2. The Morgan fingerprint density at radius 1 is 1.12 bits per heavy atom. The van der Waals surface area contributed by atoms with E-state index in [0.717, 1.165) is 36.6 Å². The van der Waals surface area contributed by atoms with Crippen molar-refractivity contribution in [2.45, 2.75) is 52.4 Å². The molecule has 0 spiro atoms. The van der Waals surface area contributed by atoms with Gasteiger partial charge in [-0.05, 0) is 48.3 Å². The fourth-order valence-electron chi connectivity index (χ4n) is 4.25. The molecule has 0 fully saturated rings. The standard InChI is InChI=1S/C23H27N3/c1-5-23(4)17(3)14-15-21-24-22(18-11-7-8-12-19(18)23)26(25-21)20-13-9-6-10-16(20)2/h6-13,17H,5,14-15H2,1-4H3/t17-,23?/m1/s1. The van der Waals surface area contributed by atoms with E-state index >= 15 is 0 Å². The normalized spacial score (nSPS) is 22.2. The molecule has 134 valence electrons. The maximum absolute atomic E-state index is 4.97. The average Bonchev–Trinajstić information content (AvgIpc) is 3.10. The summed E-state index contributed by atoms with van der Waals surface area (Å²) in [7, 11) is 0. The Bertz CT molecular complexity index is 940. The molecule has 1 unspecified atom stereocenters. The lowest BCUT2D eigenvalue weighted by Gasteiger charge is -2.37. The van der Waals surface area contributed by atoms with Gasteiger partial charge in [-0.15, -0.1) is 0 Å². The Balaban J connectivity index is 2.01. The number of para-hydroxylation sites is 1. The summed E-state index contributed by atoms with van der Waals surface area (Å²) in [5.74, 6) is 2.50. The number of rotatable bonds is 2. The smallest absolute Gasteiger partial charge is 0.163 e. The van der Waals surface area contributed by atoms with E-state index in [1.807, 2.05) is 0 Å². The van der Waals surface area contributed by atoms with Crippen LogP contribution in [-0.2, 0) is 11.8 Å². The molecule has 0 aliphatic carbocycles. The highest BCUT2D eigenvalue weighted by Gasteiger charge is 2.35. The molecule has 0 saturated heterocycles. The molecule has 4 rings (SSSR count). The molecule has 0 N–H and O–H groups in total. The molecule has 2 heterocycles. The van der Waals surface area contributed by atoms with Crippen molar-refractivity contribution in [2.75, 3.05) is 0 Å². The summed E-state index contributed by atoms with van der Waals surface area (Å²) < 4.78 is 2.05. The summed E-state index contributed by atoms with van der Waals surface area (Å²) in [4.78, 5) is 4.97. The van der Waals surface area contributed by atoms with Crippen LogP contribution in [0.4, 0.5) is 0 Å². The van der Waals surface area contributed by atoms with Crippen LogP contribution >= 0.6 is 0 Å². The van der Waals surface area contributed by atoms with Crippen LogP contribution in [0.1, 0.15) is 50.6 Å². The Labute approximate surface area is 156 Å². The van der Waals surface area contributed by atoms with Crippen molar-refractivity contribution in [1.82, 2.24) is 14.8 Å². The molecule has 1 aliphatic rings. The van der Waals surface area contributed by atoms with Gasteiger partial charge in [0.2, 0.25) is 0 Å². The number of fused-ring (bicyclic) bond motifs is 4. The molecule has 2 atom stereocenters. The van der Waals surface area contributed by atoms with Gasteiger partial charge in [0.25, 0.3) is 0 Å². The van der Waals surface area contributed by atoms with Crippen LogP contribution in [0.3, 0.4) is 0 Å². The summed E-state index contributed by atoms with van der Waals surface area (Å²) >= 11 is 0. The molecule has 1 aliphatic heterocycles. The molecule has 3 aromatic rings. The van der Waals surface area contributed by atoms with Gasteiger partial charge in [0.05, 0.1) is 5.69 Å². The first-order valence-corrected chi connectivity index (χ1v) is 9.66. The quantitative estimate of drug-likeness (QED) is 0.614. The van der Waals surface area contributed by atoms with Gasteiger partial charge in [-0.2, -0.15) is 5.10 Å². The largest absolute Gasteiger partial charge is 0.213 e. The lowest BCUT2D eigenvalue weighted by Crippen LogP contribution is -2.31. The lowest BCUT2D eigenvalue weighted by molar-refractivity contribution is 0.286. The number of hydrogen-bond acceptors (Lipinski definition) is 2. The molecule has 3 heteroatoms. The van der Waals surface area contributed by atoms with Gasteiger partial charge < -0.3 is 0 Å². The number of benzene rings is 2. The highest BCUT2D eigenvalue weighted by molar-refractivity contribution is 5.65. The predicted molar refractivity (Wildman–Crippen MR) is 107 cm³/mol. The van der Waals surface area contributed by atoms with Crippen molar-refractivity contribution in [1.29, 1.82) is 0 Å². The van der Waals surface area contributed by atoms with E-state index in [9.17, 15) is 0 Å². The van der Waals surface area contributed by atoms with Crippen LogP contribution < -0.4 is 0 Å². The van der Waals surface area contributed by atoms with Crippen molar-refractivity contribution >= 4 is 0 Å². The van der Waals surface area contributed by atoms with Gasteiger partial charge in [0, 0.05) is 12.0 Å². The van der Waals surface area contributed by atoms with Crippen LogP contribution in [0.15, 0.2) is 48.5 Å². The van der Waals surface area contributed by atoms with Crippen LogP contribution in [-0.4, -0.2) is 14.8 Å². The average molecular weight is 345 g/mol. The van der Waals surface area contributed by atoms with E-state index in [2.05, 4.69) is 80.9 Å². The van der Waals surface area contributed by atoms with Crippen LogP contribution in [0.2, 0.25) is 0 Å². The number of nitrogens with zero attached hydrogens (tertiary/aromatic N) is 3. The Morgan fingerprint density at radius 3 is 2.62 bits per heavy atom. The van der Waals surface area contributed by atoms with Gasteiger partial charge in [0.1, 0.15) is 0 Å². The molecule has 0 amide bonds. The number of aryl methyl sites for hydroxylation is 2. The van der Waals surface area contributed by atoms with Gasteiger partial charge in [-0.3, -0.25) is 0 Å². The molecule has 0 saturated carbocycles. The van der Waals surface area contributed by atoms with Crippen molar-refractivity contribution in [3.63, 3.8) is 0 Å². The summed E-state index contributed by atoms with van der Waals surface area (Å²) in [5, 5.41) is 4.90. The minimum Gasteiger partial charge on any atom is -0.213 e. The SMILES string of the molecule is CCC1(C)c2ccccc2-c2nc(nn2-c2ccccc2C)CC[C@H]1C. The highest BCUT2D eigenvalue weighted by Crippen LogP contribution is 2.43. The molecule has 26 heavy (non-hydrogen) atoms. The van der Waals surface area contributed by atoms with E-state index in [4.69, 9.17) is 10.1 Å². The first-order valence-electron chi connectivity index (χ1n) is 9.66. The van der Waals surface area contributed by atoms with E-state index in [0.29, 0.717) is 5.92 Å². The Morgan fingerprint density at radius 2 is 1.85 bits per heavy atom. The summed E-state index contributed by atoms with van der Waals surface area (Å²) in [6.07, 6.45) is 3.15. The second-order valence-electron chi connectivity index (χ2n) is 7.81. The highest BCUT2D eigenvalue weighted by atomic mass is 15.4. The molecular formula is C23H27N3. The van der Waals surface area contributed by atoms with Crippen molar-refractivity contribution < 1.29 is 0 Å². The van der Waals surface area contributed by atoms with Crippen LogP contribution in [0, 0.1) is 12.8 Å². The topological polar surface area (TPSA) is 30.7 Å². The van der Waals surface area contributed by atoms with Gasteiger partial charge in [0.15, 0.2) is 11.6 Å². The van der Waals surface area contributed by atoms with E-state index in [1.165, 1.54) is 16.7 Å². The maximum atomic E-state index is 4.97. The van der Waals surface area contributed by atoms with Gasteiger partial charge in [-0.1, -0.05) is 63.2 Å². The minimum absolute atomic E-state index is 0.140. The second kappa shape index (κ2) is 6.39. The molecule has 2 bridgehead atoms. The van der Waals surface area contributed by atoms with Crippen LogP contribution in [0.25, 0.3) is 17.1 Å². The van der Waals surface area contributed by atoms with Gasteiger partial charge in [-0.25, -0.2) is 9.67 Å². The Kier molecular flexibility index (Phi) is 4.18. The first kappa shape index (κ1) is 17.0. The van der Waals surface area contributed by atoms with E-state index in [1.54, 1.807) is 0 Å². The zero-order chi connectivity index (χ0) is 18.3. The van der Waals surface area contributed by atoms with Crippen molar-refractivity contribution in [2.24, 2.45) is 5.92 Å². The maximum Gasteiger partial charge on any atom is 0.163 e. The van der Waals surface area contributed by atoms with E-state index in [-0.39, 0.29) is 5.41 Å². The van der Waals surface area contributed by atoms with Crippen molar-refractivity contribution in [3.05, 3.63) is 65.5 Å². The molecule has 3 nitrogen and oxygen atoms in total. The molecule has 2 aromatic carbocycles. The third-order valence-electron chi connectivity index (χ3n) is 6.40. The summed E-state index contributed by atoms with van der Waals surface area (Å²) in [5.41, 5.74) is 5.08. The molecular weight excluding hydrogens is 318 g/mol. The Hall–Kier alpha value is -2.42. The third kappa shape index (κ3) is 2.57. The van der Waals surface area contributed by atoms with E-state index < -0.39 is 0 Å². The van der Waals surface area contributed by atoms with Gasteiger partial charge >= 0.3 is 0 Å². The second-order valence-corrected chi connectivity index (χ2v) is 7.81. The summed E-state index contributed by atoms with van der Waals surface area (Å²) in [6, 6.07) is 17.2. The zero-order valence-corrected chi connectivity index (χ0v) is 16.2. The molecule has 1 aromatic heterocycles. The number of hydrogen-bond donors (Lipinski definition) is 0. The summed E-state index contributed by atoms with van der Waals surface area (Å²) in [6.45, 7) is 9.23. The van der Waals surface area contributed by atoms with Crippen molar-refractivity contribution in [3.8, 4) is 17.1 Å². The first-order chi connectivity index (χ1) is 12.5. The lowest BCUT2D eigenvalue weighted by atomic mass is 9.68. The molecule has 0 radical (unpaired) electrons. The van der Waals surface area contributed by atoms with Crippen LogP contribution in [0.5, 0.6) is 0 Å². The monoisotopic (exact) mass is 345 g/mol. The number of aromatic nitrogens is 3. The predicted octanol–water partition coefficient (Wildman–Crippen LogP) is 5.49. The fraction of sp³-hybridized carbons (Fsp3) is 0.391. The third-order valence-corrected chi connectivity index (χ3v) is 6.40.